The maximum absolute atomic E-state index is 13.2. The summed E-state index contributed by atoms with van der Waals surface area (Å²) in [5.74, 6) is 1.75. The Morgan fingerprint density at radius 2 is 1.97 bits per heavy atom. The van der Waals surface area contributed by atoms with Gasteiger partial charge in [0.25, 0.3) is 5.91 Å². The van der Waals surface area contributed by atoms with E-state index in [2.05, 4.69) is 39.9 Å². The molecule has 4 rings (SSSR count). The van der Waals surface area contributed by atoms with Crippen molar-refractivity contribution < 1.29 is 9.32 Å². The number of aryl methyl sites for hydroxylation is 1. The minimum absolute atomic E-state index is 0.0248. The highest BCUT2D eigenvalue weighted by Crippen LogP contribution is 2.25. The SMILES string of the molecule is Cc1nc(-c2cccc(C(=O)N3CC(C)N(c4ccc(C#N)cn4)C(C)C3)c2)no1. The topological polar surface area (TPSA) is 99.2 Å². The highest BCUT2D eigenvalue weighted by Gasteiger charge is 2.33. The van der Waals surface area contributed by atoms with E-state index in [4.69, 9.17) is 9.78 Å². The predicted molar refractivity (Wildman–Crippen MR) is 111 cm³/mol. The van der Waals surface area contributed by atoms with E-state index in [-0.39, 0.29) is 18.0 Å². The van der Waals surface area contributed by atoms with Crippen LogP contribution in [0.4, 0.5) is 5.82 Å². The van der Waals surface area contributed by atoms with E-state index in [1.54, 1.807) is 25.3 Å². The van der Waals surface area contributed by atoms with Crippen LogP contribution in [0.15, 0.2) is 47.1 Å². The number of hydrogen-bond acceptors (Lipinski definition) is 7. The maximum atomic E-state index is 13.2. The summed E-state index contributed by atoms with van der Waals surface area (Å²) in [7, 11) is 0. The summed E-state index contributed by atoms with van der Waals surface area (Å²) in [6, 6.07) is 13.2. The maximum Gasteiger partial charge on any atom is 0.254 e. The number of pyridine rings is 1. The van der Waals surface area contributed by atoms with Crippen molar-refractivity contribution >= 4 is 11.7 Å². The van der Waals surface area contributed by atoms with E-state index >= 15 is 0 Å². The van der Waals surface area contributed by atoms with Gasteiger partial charge in [0.15, 0.2) is 0 Å². The fourth-order valence-electron chi connectivity index (χ4n) is 3.94. The van der Waals surface area contributed by atoms with Crippen LogP contribution in [-0.2, 0) is 0 Å². The monoisotopic (exact) mass is 402 g/mol. The first-order chi connectivity index (χ1) is 14.5. The van der Waals surface area contributed by atoms with E-state index in [0.717, 1.165) is 11.4 Å². The fraction of sp³-hybridized carbons (Fsp3) is 0.318. The zero-order valence-corrected chi connectivity index (χ0v) is 17.1. The smallest absolute Gasteiger partial charge is 0.254 e. The Hall–Kier alpha value is -3.73. The lowest BCUT2D eigenvalue weighted by Crippen LogP contribution is -2.58. The molecule has 0 aliphatic carbocycles. The van der Waals surface area contributed by atoms with Crippen molar-refractivity contribution in [3.63, 3.8) is 0 Å². The zero-order chi connectivity index (χ0) is 21.3. The van der Waals surface area contributed by atoms with Gasteiger partial charge in [0.2, 0.25) is 11.7 Å². The predicted octanol–water partition coefficient (Wildman–Crippen LogP) is 3.05. The minimum Gasteiger partial charge on any atom is -0.348 e. The number of hydrogen-bond donors (Lipinski definition) is 0. The van der Waals surface area contributed by atoms with E-state index in [9.17, 15) is 4.79 Å². The highest BCUT2D eigenvalue weighted by molar-refractivity contribution is 5.95. The number of aromatic nitrogens is 3. The highest BCUT2D eigenvalue weighted by atomic mass is 16.5. The third-order valence-corrected chi connectivity index (χ3v) is 5.24. The molecule has 1 aromatic carbocycles. The van der Waals surface area contributed by atoms with E-state index in [1.807, 2.05) is 29.2 Å². The van der Waals surface area contributed by atoms with Crippen LogP contribution in [0.1, 0.15) is 35.7 Å². The molecule has 0 N–H and O–H groups in total. The van der Waals surface area contributed by atoms with E-state index < -0.39 is 0 Å². The molecule has 3 aromatic rings. The molecule has 0 bridgehead atoms. The third-order valence-electron chi connectivity index (χ3n) is 5.24. The first-order valence-corrected chi connectivity index (χ1v) is 9.81. The molecule has 8 nitrogen and oxygen atoms in total. The Labute approximate surface area is 174 Å². The molecule has 1 amide bonds. The average Bonchev–Trinajstić information content (AvgIpc) is 3.19. The molecule has 3 heterocycles. The van der Waals surface area contributed by atoms with Crippen LogP contribution in [0.2, 0.25) is 0 Å². The molecule has 152 valence electrons. The van der Waals surface area contributed by atoms with Gasteiger partial charge >= 0.3 is 0 Å². The van der Waals surface area contributed by atoms with Gasteiger partial charge in [0, 0.05) is 49.4 Å². The first-order valence-electron chi connectivity index (χ1n) is 9.81. The summed E-state index contributed by atoms with van der Waals surface area (Å²) in [4.78, 5) is 25.9. The fourth-order valence-corrected chi connectivity index (χ4v) is 3.94. The van der Waals surface area contributed by atoms with Crippen LogP contribution in [0.25, 0.3) is 11.4 Å². The summed E-state index contributed by atoms with van der Waals surface area (Å²) in [6.45, 7) is 7.05. The summed E-state index contributed by atoms with van der Waals surface area (Å²) in [5.41, 5.74) is 1.88. The molecule has 2 aromatic heterocycles. The van der Waals surface area contributed by atoms with Gasteiger partial charge in [-0.05, 0) is 38.1 Å². The largest absolute Gasteiger partial charge is 0.348 e. The summed E-state index contributed by atoms with van der Waals surface area (Å²) >= 11 is 0. The van der Waals surface area contributed by atoms with Gasteiger partial charge in [-0.2, -0.15) is 10.2 Å². The second-order valence-corrected chi connectivity index (χ2v) is 7.55. The van der Waals surface area contributed by atoms with Gasteiger partial charge in [-0.3, -0.25) is 4.79 Å². The van der Waals surface area contributed by atoms with Crippen molar-refractivity contribution in [2.24, 2.45) is 0 Å². The quantitative estimate of drug-likeness (QED) is 0.664. The number of carbonyl (C=O) groups excluding carboxylic acids is 1. The average molecular weight is 402 g/mol. The van der Waals surface area contributed by atoms with Crippen LogP contribution in [-0.4, -0.2) is 51.1 Å². The Balaban J connectivity index is 1.52. The Bertz CT molecular complexity index is 1090. The molecule has 1 aliphatic heterocycles. The molecule has 1 saturated heterocycles. The van der Waals surface area contributed by atoms with Gasteiger partial charge in [-0.15, -0.1) is 0 Å². The minimum atomic E-state index is -0.0248. The van der Waals surface area contributed by atoms with Crippen molar-refractivity contribution in [1.29, 1.82) is 5.26 Å². The zero-order valence-electron chi connectivity index (χ0n) is 17.1. The molecule has 0 spiro atoms. The van der Waals surface area contributed by atoms with Crippen molar-refractivity contribution in [2.45, 2.75) is 32.9 Å². The summed E-state index contributed by atoms with van der Waals surface area (Å²) in [5, 5.41) is 12.9. The van der Waals surface area contributed by atoms with Crippen LogP contribution in [0, 0.1) is 18.3 Å². The van der Waals surface area contributed by atoms with Crippen LogP contribution >= 0.6 is 0 Å². The number of carbonyl (C=O) groups is 1. The van der Waals surface area contributed by atoms with Gasteiger partial charge in [-0.1, -0.05) is 17.3 Å². The summed E-state index contributed by atoms with van der Waals surface area (Å²) < 4.78 is 5.05. The van der Waals surface area contributed by atoms with Gasteiger partial charge < -0.3 is 14.3 Å². The van der Waals surface area contributed by atoms with Gasteiger partial charge in [-0.25, -0.2) is 4.98 Å². The standard InChI is InChI=1S/C22H22N6O2/c1-14-12-27(13-15(2)28(14)20-8-7-17(10-23)11-24-20)22(29)19-6-4-5-18(9-19)21-25-16(3)30-26-21/h4-9,11,14-15H,12-13H2,1-3H3. The Morgan fingerprint density at radius 1 is 1.20 bits per heavy atom. The molecule has 1 aliphatic rings. The number of rotatable bonds is 3. The lowest BCUT2D eigenvalue weighted by molar-refractivity contribution is 0.0700. The second kappa shape index (κ2) is 7.95. The normalized spacial score (nSPS) is 18.9. The number of nitriles is 1. The number of piperazine rings is 1. The second-order valence-electron chi connectivity index (χ2n) is 7.55. The Morgan fingerprint density at radius 3 is 2.57 bits per heavy atom. The molecular formula is C22H22N6O2. The molecule has 0 radical (unpaired) electrons. The number of benzene rings is 1. The lowest BCUT2D eigenvalue weighted by atomic mass is 10.0. The first kappa shape index (κ1) is 19.6. The van der Waals surface area contributed by atoms with Crippen molar-refractivity contribution in [2.75, 3.05) is 18.0 Å². The molecule has 8 heteroatoms. The third kappa shape index (κ3) is 3.74. The number of nitrogens with zero attached hydrogens (tertiary/aromatic N) is 6. The van der Waals surface area contributed by atoms with Gasteiger partial charge in [0.05, 0.1) is 5.56 Å². The molecule has 2 atom stereocenters. The Kier molecular flexibility index (Phi) is 5.19. The van der Waals surface area contributed by atoms with Crippen molar-refractivity contribution in [1.82, 2.24) is 20.0 Å². The van der Waals surface area contributed by atoms with Crippen LogP contribution in [0.5, 0.6) is 0 Å². The van der Waals surface area contributed by atoms with Crippen LogP contribution < -0.4 is 4.90 Å². The van der Waals surface area contributed by atoms with Crippen molar-refractivity contribution in [3.05, 3.63) is 59.6 Å². The van der Waals surface area contributed by atoms with E-state index in [1.165, 1.54) is 0 Å². The molecule has 2 unspecified atom stereocenters. The lowest BCUT2D eigenvalue weighted by Gasteiger charge is -2.45. The summed E-state index contributed by atoms with van der Waals surface area (Å²) in [6.07, 6.45) is 1.58. The van der Waals surface area contributed by atoms with E-state index in [0.29, 0.717) is 35.9 Å². The number of amides is 1. The number of anilines is 1. The molecule has 0 saturated carbocycles. The van der Waals surface area contributed by atoms with Crippen LogP contribution in [0.3, 0.4) is 0 Å². The molecular weight excluding hydrogens is 380 g/mol. The van der Waals surface area contributed by atoms with Crippen molar-refractivity contribution in [3.8, 4) is 17.5 Å². The molecule has 30 heavy (non-hydrogen) atoms. The molecule has 1 fully saturated rings. The van der Waals surface area contributed by atoms with Gasteiger partial charge in [0.1, 0.15) is 11.9 Å².